The molecule has 2 fully saturated rings. The summed E-state index contributed by atoms with van der Waals surface area (Å²) in [6, 6.07) is 8.86. The van der Waals surface area contributed by atoms with Crippen molar-refractivity contribution < 1.29 is 23.7 Å². The Morgan fingerprint density at radius 1 is 1.24 bits per heavy atom. The first-order valence-electron chi connectivity index (χ1n) is 7.22. The van der Waals surface area contributed by atoms with Gasteiger partial charge in [-0.15, -0.1) is 0 Å². The lowest BCUT2D eigenvalue weighted by molar-refractivity contribution is -0.225. The van der Waals surface area contributed by atoms with Gasteiger partial charge in [0.15, 0.2) is 5.79 Å². The molecule has 3 rings (SSSR count). The number of benzene rings is 1. The third-order valence-corrected chi connectivity index (χ3v) is 3.65. The summed E-state index contributed by atoms with van der Waals surface area (Å²) in [5.74, 6) is -1.10. The van der Waals surface area contributed by atoms with Crippen LogP contribution in [0.3, 0.4) is 0 Å². The fourth-order valence-corrected chi connectivity index (χ4v) is 2.81. The highest BCUT2D eigenvalue weighted by Gasteiger charge is 2.51. The Morgan fingerprint density at radius 2 is 1.95 bits per heavy atom. The second-order valence-corrected chi connectivity index (χ2v) is 5.96. The van der Waals surface area contributed by atoms with Crippen LogP contribution in [0.2, 0.25) is 0 Å². The molecule has 0 saturated carbocycles. The summed E-state index contributed by atoms with van der Waals surface area (Å²) in [6.45, 7) is 5.65. The maximum Gasteiger partial charge on any atom is 0.340 e. The second kappa shape index (κ2) is 5.40. The molecule has 2 saturated heterocycles. The summed E-state index contributed by atoms with van der Waals surface area (Å²) in [7, 11) is 0. The van der Waals surface area contributed by atoms with Gasteiger partial charge in [0.2, 0.25) is 6.29 Å². The lowest BCUT2D eigenvalue weighted by atomic mass is 10.0. The molecule has 4 atom stereocenters. The zero-order chi connectivity index (χ0) is 15.0. The van der Waals surface area contributed by atoms with Gasteiger partial charge in [-0.2, -0.15) is 0 Å². The van der Waals surface area contributed by atoms with E-state index in [1.54, 1.807) is 24.3 Å². The maximum absolute atomic E-state index is 12.2. The van der Waals surface area contributed by atoms with Crippen molar-refractivity contribution in [2.24, 2.45) is 0 Å². The SMILES string of the molecule is CC1CC2OC(C)(C)OC2C(OC(=O)c2ccccc2)O1. The van der Waals surface area contributed by atoms with Crippen LogP contribution in [-0.4, -0.2) is 36.4 Å². The molecule has 4 unspecified atom stereocenters. The first-order chi connectivity index (χ1) is 9.94. The van der Waals surface area contributed by atoms with E-state index >= 15 is 0 Å². The molecule has 1 aromatic carbocycles. The summed E-state index contributed by atoms with van der Waals surface area (Å²) in [6.07, 6.45) is -0.556. The Hall–Kier alpha value is -1.43. The van der Waals surface area contributed by atoms with Crippen LogP contribution in [0.15, 0.2) is 30.3 Å². The fraction of sp³-hybridized carbons (Fsp3) is 0.562. The van der Waals surface area contributed by atoms with E-state index in [0.717, 1.165) is 6.42 Å². The highest BCUT2D eigenvalue weighted by Crippen LogP contribution is 2.37. The van der Waals surface area contributed by atoms with Crippen molar-refractivity contribution in [2.75, 3.05) is 0 Å². The van der Waals surface area contributed by atoms with Gasteiger partial charge in [-0.3, -0.25) is 0 Å². The smallest absolute Gasteiger partial charge is 0.340 e. The largest absolute Gasteiger partial charge is 0.429 e. The van der Waals surface area contributed by atoms with Crippen molar-refractivity contribution in [3.05, 3.63) is 35.9 Å². The number of carbonyl (C=O) groups excluding carboxylic acids is 1. The van der Waals surface area contributed by atoms with Gasteiger partial charge in [0.1, 0.15) is 6.10 Å². The van der Waals surface area contributed by atoms with Crippen LogP contribution in [-0.2, 0) is 18.9 Å². The van der Waals surface area contributed by atoms with E-state index in [0.29, 0.717) is 5.56 Å². The summed E-state index contributed by atoms with van der Waals surface area (Å²) in [4.78, 5) is 12.2. The van der Waals surface area contributed by atoms with Gasteiger partial charge < -0.3 is 18.9 Å². The summed E-state index contributed by atoms with van der Waals surface area (Å²) >= 11 is 0. The predicted molar refractivity (Wildman–Crippen MR) is 74.6 cm³/mol. The fourth-order valence-electron chi connectivity index (χ4n) is 2.81. The van der Waals surface area contributed by atoms with Crippen LogP contribution >= 0.6 is 0 Å². The number of fused-ring (bicyclic) bond motifs is 1. The monoisotopic (exact) mass is 292 g/mol. The zero-order valence-electron chi connectivity index (χ0n) is 12.4. The minimum atomic E-state index is -0.742. The first kappa shape index (κ1) is 14.5. The standard InChI is InChI=1S/C16H20O5/c1-10-9-12-13(21-16(2,3)20-12)15(18-10)19-14(17)11-7-5-4-6-8-11/h4-8,10,12-13,15H,9H2,1-3H3. The number of esters is 1. The summed E-state index contributed by atoms with van der Waals surface area (Å²) in [5.41, 5.74) is 0.494. The molecule has 114 valence electrons. The van der Waals surface area contributed by atoms with E-state index in [-0.39, 0.29) is 18.3 Å². The highest BCUT2D eigenvalue weighted by atomic mass is 16.8. The number of hydrogen-bond acceptors (Lipinski definition) is 5. The van der Waals surface area contributed by atoms with Gasteiger partial charge in [-0.1, -0.05) is 18.2 Å². The van der Waals surface area contributed by atoms with Crippen LogP contribution < -0.4 is 0 Å². The molecule has 0 radical (unpaired) electrons. The zero-order valence-corrected chi connectivity index (χ0v) is 12.4. The lowest BCUT2D eigenvalue weighted by Crippen LogP contribution is -2.48. The molecule has 0 amide bonds. The van der Waals surface area contributed by atoms with Crippen LogP contribution in [0.25, 0.3) is 0 Å². The number of ether oxygens (including phenoxy) is 4. The van der Waals surface area contributed by atoms with Crippen molar-refractivity contribution >= 4 is 5.97 Å². The average molecular weight is 292 g/mol. The Kier molecular flexibility index (Phi) is 3.73. The van der Waals surface area contributed by atoms with Gasteiger partial charge in [-0.05, 0) is 32.9 Å². The molecule has 1 aromatic rings. The predicted octanol–water partition coefficient (Wildman–Crippen LogP) is 2.50. The van der Waals surface area contributed by atoms with Crippen molar-refractivity contribution in [3.63, 3.8) is 0 Å². The average Bonchev–Trinajstić information content (AvgIpc) is 2.74. The minimum absolute atomic E-state index is 0.0441. The van der Waals surface area contributed by atoms with Crippen LogP contribution in [0, 0.1) is 0 Å². The molecule has 21 heavy (non-hydrogen) atoms. The second-order valence-electron chi connectivity index (χ2n) is 5.96. The van der Waals surface area contributed by atoms with Crippen molar-refractivity contribution in [3.8, 4) is 0 Å². The van der Waals surface area contributed by atoms with E-state index in [1.807, 2.05) is 26.8 Å². The number of rotatable bonds is 2. The third kappa shape index (κ3) is 3.10. The molecule has 0 spiro atoms. The normalized spacial score (nSPS) is 34.2. The molecule has 5 heteroatoms. The molecule has 0 bridgehead atoms. The van der Waals surface area contributed by atoms with Gasteiger partial charge in [0.25, 0.3) is 0 Å². The Bertz CT molecular complexity index is 513. The molecule has 0 aromatic heterocycles. The maximum atomic E-state index is 12.2. The summed E-state index contributed by atoms with van der Waals surface area (Å²) < 4.78 is 22.9. The molecule has 0 N–H and O–H groups in total. The van der Waals surface area contributed by atoms with E-state index in [1.165, 1.54) is 0 Å². The van der Waals surface area contributed by atoms with Gasteiger partial charge >= 0.3 is 5.97 Å². The molecule has 2 heterocycles. The molecule has 5 nitrogen and oxygen atoms in total. The van der Waals surface area contributed by atoms with E-state index in [2.05, 4.69) is 0 Å². The Balaban J connectivity index is 1.73. The van der Waals surface area contributed by atoms with E-state index < -0.39 is 18.0 Å². The molecular weight excluding hydrogens is 272 g/mol. The lowest BCUT2D eigenvalue weighted by Gasteiger charge is -2.34. The highest BCUT2D eigenvalue weighted by molar-refractivity contribution is 5.89. The minimum Gasteiger partial charge on any atom is -0.429 e. The Morgan fingerprint density at radius 3 is 2.67 bits per heavy atom. The van der Waals surface area contributed by atoms with E-state index in [4.69, 9.17) is 18.9 Å². The molecular formula is C16H20O5. The van der Waals surface area contributed by atoms with Crippen LogP contribution in [0.4, 0.5) is 0 Å². The molecule has 2 aliphatic rings. The van der Waals surface area contributed by atoms with Crippen molar-refractivity contribution in [2.45, 2.75) is 57.6 Å². The van der Waals surface area contributed by atoms with Crippen molar-refractivity contribution in [1.29, 1.82) is 0 Å². The number of carbonyl (C=O) groups is 1. The topological polar surface area (TPSA) is 54.0 Å². The number of hydrogen-bond donors (Lipinski definition) is 0. The van der Waals surface area contributed by atoms with Crippen LogP contribution in [0.1, 0.15) is 37.6 Å². The van der Waals surface area contributed by atoms with Crippen molar-refractivity contribution in [1.82, 2.24) is 0 Å². The third-order valence-electron chi connectivity index (χ3n) is 3.65. The quantitative estimate of drug-likeness (QED) is 0.784. The van der Waals surface area contributed by atoms with Gasteiger partial charge in [0.05, 0.1) is 17.8 Å². The Labute approximate surface area is 124 Å². The molecule has 2 aliphatic heterocycles. The summed E-state index contributed by atoms with van der Waals surface area (Å²) in [5, 5.41) is 0. The van der Waals surface area contributed by atoms with E-state index in [9.17, 15) is 4.79 Å². The van der Waals surface area contributed by atoms with Gasteiger partial charge in [-0.25, -0.2) is 4.79 Å². The first-order valence-corrected chi connectivity index (χ1v) is 7.22. The molecule has 0 aliphatic carbocycles. The van der Waals surface area contributed by atoms with Crippen LogP contribution in [0.5, 0.6) is 0 Å². The van der Waals surface area contributed by atoms with Gasteiger partial charge in [0, 0.05) is 6.42 Å².